The van der Waals surface area contributed by atoms with Gasteiger partial charge in [0.25, 0.3) is 0 Å². The molecular formula is C46H34N2O. The van der Waals surface area contributed by atoms with Gasteiger partial charge < -0.3 is 14.2 Å². The SMILES string of the molecule is Cc1ccc(N(c2ccccc2)c2ccc3c(c2)oc2c4ccc(N(c5ccccc5)c5ccc(C)cc5)cc4c4ccccc4c32)cc1. The molecule has 0 bridgehead atoms. The molecular weight excluding hydrogens is 597 g/mol. The third kappa shape index (κ3) is 4.99. The van der Waals surface area contributed by atoms with Gasteiger partial charge in [0, 0.05) is 56.3 Å². The largest absolute Gasteiger partial charge is 0.455 e. The van der Waals surface area contributed by atoms with Crippen molar-refractivity contribution in [1.82, 2.24) is 0 Å². The highest BCUT2D eigenvalue weighted by Gasteiger charge is 2.20. The van der Waals surface area contributed by atoms with Crippen molar-refractivity contribution in [1.29, 1.82) is 0 Å². The van der Waals surface area contributed by atoms with Crippen LogP contribution < -0.4 is 9.80 Å². The highest BCUT2D eigenvalue weighted by molar-refractivity contribution is 6.30. The first kappa shape index (κ1) is 28.9. The van der Waals surface area contributed by atoms with Crippen LogP contribution in [0.15, 0.2) is 174 Å². The van der Waals surface area contributed by atoms with Gasteiger partial charge in [0.05, 0.1) is 0 Å². The second kappa shape index (κ2) is 11.7. The minimum absolute atomic E-state index is 0.868. The second-order valence-corrected chi connectivity index (χ2v) is 12.8. The molecule has 0 aliphatic heterocycles. The van der Waals surface area contributed by atoms with Gasteiger partial charge in [-0.25, -0.2) is 0 Å². The number of para-hydroxylation sites is 2. The molecule has 0 saturated carbocycles. The summed E-state index contributed by atoms with van der Waals surface area (Å²) >= 11 is 0. The molecule has 1 aromatic heterocycles. The standard InChI is InChI=1S/C46H34N2O/c1-31-17-21-35(22-18-31)47(33-11-5-3-6-12-33)37-25-27-41-43(29-37)39-15-9-10-16-40(39)45-42-28-26-38(30-44(42)49-46(41)45)48(34-13-7-4-8-14-34)36-23-19-32(2)20-24-36/h3-30H,1-2H3. The van der Waals surface area contributed by atoms with Crippen molar-refractivity contribution in [3.63, 3.8) is 0 Å². The lowest BCUT2D eigenvalue weighted by Crippen LogP contribution is -2.09. The van der Waals surface area contributed by atoms with E-state index in [2.05, 4.69) is 194 Å². The molecule has 234 valence electrons. The van der Waals surface area contributed by atoms with Gasteiger partial charge in [-0.05, 0) is 109 Å². The summed E-state index contributed by atoms with van der Waals surface area (Å²) in [5.41, 5.74) is 10.8. The Labute approximate surface area is 285 Å². The van der Waals surface area contributed by atoms with Gasteiger partial charge in [0.2, 0.25) is 0 Å². The van der Waals surface area contributed by atoms with E-state index in [4.69, 9.17) is 4.42 Å². The van der Waals surface area contributed by atoms with Crippen molar-refractivity contribution in [2.45, 2.75) is 13.8 Å². The number of hydrogen-bond donors (Lipinski definition) is 0. The monoisotopic (exact) mass is 630 g/mol. The zero-order chi connectivity index (χ0) is 32.9. The van der Waals surface area contributed by atoms with Crippen LogP contribution in [0.25, 0.3) is 43.5 Å². The first-order valence-electron chi connectivity index (χ1n) is 16.8. The van der Waals surface area contributed by atoms with E-state index in [0.717, 1.165) is 61.4 Å². The Hall–Kier alpha value is -6.32. The minimum atomic E-state index is 0.868. The number of aryl methyl sites for hydroxylation is 2. The zero-order valence-electron chi connectivity index (χ0n) is 27.5. The number of furan rings is 1. The quantitative estimate of drug-likeness (QED) is 0.170. The van der Waals surface area contributed by atoms with Crippen LogP contribution in [0, 0.1) is 13.8 Å². The molecule has 0 N–H and O–H groups in total. The second-order valence-electron chi connectivity index (χ2n) is 12.8. The predicted octanol–water partition coefficient (Wildman–Crippen LogP) is 13.4. The van der Waals surface area contributed by atoms with Gasteiger partial charge in [-0.2, -0.15) is 0 Å². The molecule has 3 heteroatoms. The molecule has 1 heterocycles. The van der Waals surface area contributed by atoms with Crippen LogP contribution in [0.5, 0.6) is 0 Å². The molecule has 0 unspecified atom stereocenters. The van der Waals surface area contributed by atoms with Crippen LogP contribution >= 0.6 is 0 Å². The number of fused-ring (bicyclic) bond motifs is 8. The highest BCUT2D eigenvalue weighted by Crippen LogP contribution is 2.45. The highest BCUT2D eigenvalue weighted by atomic mass is 16.3. The van der Waals surface area contributed by atoms with E-state index < -0.39 is 0 Å². The first-order chi connectivity index (χ1) is 24.1. The summed E-state index contributed by atoms with van der Waals surface area (Å²) in [6.07, 6.45) is 0. The van der Waals surface area contributed by atoms with Crippen molar-refractivity contribution in [3.05, 3.63) is 181 Å². The molecule has 8 aromatic carbocycles. The molecule has 3 nitrogen and oxygen atoms in total. The lowest BCUT2D eigenvalue weighted by Gasteiger charge is -2.26. The summed E-state index contributed by atoms with van der Waals surface area (Å²) in [4.78, 5) is 4.61. The van der Waals surface area contributed by atoms with Crippen molar-refractivity contribution < 1.29 is 4.42 Å². The van der Waals surface area contributed by atoms with Gasteiger partial charge in [0.15, 0.2) is 0 Å². The lowest BCUT2D eigenvalue weighted by molar-refractivity contribution is 0.673. The number of benzene rings is 8. The van der Waals surface area contributed by atoms with Crippen molar-refractivity contribution >= 4 is 77.6 Å². The molecule has 0 saturated heterocycles. The Morgan fingerprint density at radius 3 is 1.37 bits per heavy atom. The first-order valence-corrected chi connectivity index (χ1v) is 16.8. The summed E-state index contributed by atoms with van der Waals surface area (Å²) in [6.45, 7) is 4.25. The Morgan fingerprint density at radius 2 is 0.796 bits per heavy atom. The smallest absolute Gasteiger partial charge is 0.143 e. The van der Waals surface area contributed by atoms with E-state index in [1.54, 1.807) is 0 Å². The summed E-state index contributed by atoms with van der Waals surface area (Å²) in [5.74, 6) is 0. The third-order valence-corrected chi connectivity index (χ3v) is 9.54. The fourth-order valence-corrected chi connectivity index (χ4v) is 7.15. The maximum atomic E-state index is 6.90. The van der Waals surface area contributed by atoms with Crippen LogP contribution in [0.3, 0.4) is 0 Å². The van der Waals surface area contributed by atoms with Crippen molar-refractivity contribution in [2.24, 2.45) is 0 Å². The average Bonchev–Trinajstić information content (AvgIpc) is 3.54. The van der Waals surface area contributed by atoms with Crippen LogP contribution in [0.2, 0.25) is 0 Å². The van der Waals surface area contributed by atoms with Gasteiger partial charge in [-0.3, -0.25) is 0 Å². The Balaban J connectivity index is 1.26. The fraction of sp³-hybridized carbons (Fsp3) is 0.0435. The third-order valence-electron chi connectivity index (χ3n) is 9.54. The number of nitrogens with zero attached hydrogens (tertiary/aromatic N) is 2. The predicted molar refractivity (Wildman–Crippen MR) is 208 cm³/mol. The summed E-state index contributed by atoms with van der Waals surface area (Å²) in [6, 6.07) is 60.6. The number of anilines is 6. The van der Waals surface area contributed by atoms with E-state index in [-0.39, 0.29) is 0 Å². The molecule has 0 aliphatic rings. The Bertz CT molecular complexity index is 2610. The van der Waals surface area contributed by atoms with E-state index in [1.165, 1.54) is 27.3 Å². The van der Waals surface area contributed by atoms with Crippen LogP contribution in [0.1, 0.15) is 11.1 Å². The average molecular weight is 631 g/mol. The molecule has 49 heavy (non-hydrogen) atoms. The summed E-state index contributed by atoms with van der Waals surface area (Å²) in [5, 5.41) is 6.93. The molecule has 0 fully saturated rings. The maximum Gasteiger partial charge on any atom is 0.143 e. The summed E-state index contributed by atoms with van der Waals surface area (Å²) < 4.78 is 6.90. The number of hydrogen-bond acceptors (Lipinski definition) is 3. The summed E-state index contributed by atoms with van der Waals surface area (Å²) in [7, 11) is 0. The van der Waals surface area contributed by atoms with Gasteiger partial charge in [-0.1, -0.05) is 96.1 Å². The zero-order valence-corrected chi connectivity index (χ0v) is 27.5. The molecule has 0 radical (unpaired) electrons. The topological polar surface area (TPSA) is 19.6 Å². The Kier molecular flexibility index (Phi) is 6.91. The Morgan fingerprint density at radius 1 is 0.347 bits per heavy atom. The van der Waals surface area contributed by atoms with Crippen LogP contribution in [0.4, 0.5) is 34.1 Å². The number of rotatable bonds is 6. The minimum Gasteiger partial charge on any atom is -0.455 e. The van der Waals surface area contributed by atoms with Crippen molar-refractivity contribution in [3.8, 4) is 0 Å². The maximum absolute atomic E-state index is 6.90. The molecule has 9 aromatic rings. The van der Waals surface area contributed by atoms with Crippen LogP contribution in [-0.4, -0.2) is 0 Å². The molecule has 9 rings (SSSR count). The normalized spacial score (nSPS) is 11.5. The lowest BCUT2D eigenvalue weighted by atomic mass is 9.96. The van der Waals surface area contributed by atoms with E-state index in [9.17, 15) is 0 Å². The van der Waals surface area contributed by atoms with Gasteiger partial charge >= 0.3 is 0 Å². The molecule has 0 spiro atoms. The van der Waals surface area contributed by atoms with E-state index >= 15 is 0 Å². The molecule has 0 atom stereocenters. The van der Waals surface area contributed by atoms with E-state index in [0.29, 0.717) is 0 Å². The molecule has 0 amide bonds. The van der Waals surface area contributed by atoms with Gasteiger partial charge in [0.1, 0.15) is 11.2 Å². The molecule has 0 aliphatic carbocycles. The van der Waals surface area contributed by atoms with Crippen LogP contribution in [-0.2, 0) is 0 Å². The van der Waals surface area contributed by atoms with Crippen molar-refractivity contribution in [2.75, 3.05) is 9.80 Å². The van der Waals surface area contributed by atoms with Gasteiger partial charge in [-0.15, -0.1) is 0 Å². The fourth-order valence-electron chi connectivity index (χ4n) is 7.15. The van der Waals surface area contributed by atoms with E-state index in [1.807, 2.05) is 0 Å².